The average Bonchev–Trinajstić information content (AvgIpc) is 3.46. The molecule has 4 aliphatic rings. The first-order valence-electron chi connectivity index (χ1n) is 14.0. The zero-order valence-electron chi connectivity index (χ0n) is 22.2. The van der Waals surface area contributed by atoms with Gasteiger partial charge in [0.05, 0.1) is 30.1 Å². The molecular formula is C29H41N3O5. The highest BCUT2D eigenvalue weighted by molar-refractivity contribution is 6.02. The average molecular weight is 512 g/mol. The minimum absolute atomic E-state index is 0.0152. The molecule has 5 rings (SSSR count). The predicted molar refractivity (Wildman–Crippen MR) is 139 cm³/mol. The Hall–Kier alpha value is -2.45. The van der Waals surface area contributed by atoms with Crippen molar-refractivity contribution in [2.45, 2.75) is 101 Å². The Kier molecular flexibility index (Phi) is 7.09. The maximum atomic E-state index is 14.3. The summed E-state index contributed by atoms with van der Waals surface area (Å²) in [6.45, 7) is 5.68. The van der Waals surface area contributed by atoms with Crippen LogP contribution in [0.1, 0.15) is 72.1 Å². The smallest absolute Gasteiger partial charge is 0.246 e. The van der Waals surface area contributed by atoms with Gasteiger partial charge < -0.3 is 25.4 Å². The van der Waals surface area contributed by atoms with Crippen LogP contribution in [0.3, 0.4) is 0 Å². The Bertz CT molecular complexity index is 1030. The van der Waals surface area contributed by atoms with E-state index in [1.54, 1.807) is 4.90 Å². The number of hydrogen-bond donors (Lipinski definition) is 3. The lowest BCUT2D eigenvalue weighted by atomic mass is 9.66. The Morgan fingerprint density at radius 2 is 1.84 bits per heavy atom. The number of fused-ring (bicyclic) bond motifs is 1. The first-order valence-corrected chi connectivity index (χ1v) is 14.0. The molecule has 8 heteroatoms. The van der Waals surface area contributed by atoms with Gasteiger partial charge in [0.1, 0.15) is 11.6 Å². The zero-order chi connectivity index (χ0) is 26.4. The summed E-state index contributed by atoms with van der Waals surface area (Å²) in [5.41, 5.74) is -1.25. The van der Waals surface area contributed by atoms with E-state index < -0.39 is 35.1 Å². The first kappa shape index (κ1) is 26.2. The monoisotopic (exact) mass is 511 g/mol. The van der Waals surface area contributed by atoms with Crippen molar-refractivity contribution in [2.24, 2.45) is 17.8 Å². The molecule has 1 aromatic rings. The molecule has 7 atom stereocenters. The fourth-order valence-electron chi connectivity index (χ4n) is 7.50. The third-order valence-corrected chi connectivity index (χ3v) is 9.58. The maximum absolute atomic E-state index is 14.3. The van der Waals surface area contributed by atoms with Crippen LogP contribution in [0.15, 0.2) is 30.3 Å². The second kappa shape index (κ2) is 10.0. The Morgan fingerprint density at radius 3 is 2.49 bits per heavy atom. The van der Waals surface area contributed by atoms with E-state index in [0.29, 0.717) is 18.5 Å². The molecule has 1 spiro atoms. The minimum Gasteiger partial charge on any atom is -0.394 e. The molecule has 3 aliphatic heterocycles. The van der Waals surface area contributed by atoms with E-state index in [9.17, 15) is 19.5 Å². The van der Waals surface area contributed by atoms with E-state index in [2.05, 4.69) is 10.6 Å². The molecule has 3 amide bonds. The molecule has 3 heterocycles. The van der Waals surface area contributed by atoms with Crippen LogP contribution in [0.4, 0.5) is 5.69 Å². The van der Waals surface area contributed by atoms with Crippen molar-refractivity contribution in [3.05, 3.63) is 30.3 Å². The topological polar surface area (TPSA) is 108 Å². The number of aliphatic hydroxyl groups is 1. The Labute approximate surface area is 219 Å². The summed E-state index contributed by atoms with van der Waals surface area (Å²) in [4.78, 5) is 43.6. The SMILES string of the molecule is CC[C@H](C)[C@H](CO)N1C(=O)[C@@H]2[C@H](C(=O)Nc3ccccc3)[C@]3(C)CCC2(O3)C1C(=O)NC1CCCCC1. The molecule has 202 valence electrons. The standard InChI is InChI=1S/C29H41N3O5/c1-4-18(2)21(17-33)32-24(26(35)31-20-13-9-6-10-14-20)29-16-15-28(3,37-29)22(23(29)27(32)36)25(34)30-19-11-7-5-8-12-19/h5,7-8,11-12,18,20-24,33H,4,6,9-10,13-17H2,1-3H3,(H,30,34)(H,31,35)/t18-,21-,22+,23-,24?,28-,29?/m0/s1. The minimum atomic E-state index is -1.08. The molecule has 2 unspecified atom stereocenters. The quantitative estimate of drug-likeness (QED) is 0.497. The number of nitrogens with zero attached hydrogens (tertiary/aromatic N) is 1. The molecule has 0 radical (unpaired) electrons. The highest BCUT2D eigenvalue weighted by Crippen LogP contribution is 2.63. The second-order valence-electron chi connectivity index (χ2n) is 11.8. The number of benzene rings is 1. The molecule has 4 fully saturated rings. The zero-order valence-corrected chi connectivity index (χ0v) is 22.2. The highest BCUT2D eigenvalue weighted by Gasteiger charge is 2.78. The molecule has 37 heavy (non-hydrogen) atoms. The molecule has 3 saturated heterocycles. The number of carbonyl (C=O) groups excluding carboxylic acids is 3. The summed E-state index contributed by atoms with van der Waals surface area (Å²) >= 11 is 0. The van der Waals surface area contributed by atoms with Gasteiger partial charge in [-0.3, -0.25) is 14.4 Å². The molecule has 2 bridgehead atoms. The van der Waals surface area contributed by atoms with Crippen molar-refractivity contribution >= 4 is 23.4 Å². The molecule has 3 N–H and O–H groups in total. The van der Waals surface area contributed by atoms with E-state index in [4.69, 9.17) is 4.74 Å². The van der Waals surface area contributed by atoms with E-state index >= 15 is 0 Å². The van der Waals surface area contributed by atoms with Crippen molar-refractivity contribution in [3.63, 3.8) is 0 Å². The summed E-state index contributed by atoms with van der Waals surface area (Å²) in [5, 5.41) is 16.7. The molecule has 0 aromatic heterocycles. The number of carbonyl (C=O) groups is 3. The van der Waals surface area contributed by atoms with Gasteiger partial charge in [-0.05, 0) is 50.7 Å². The van der Waals surface area contributed by atoms with E-state index in [-0.39, 0.29) is 36.3 Å². The molecule has 1 saturated carbocycles. The molecule has 1 aliphatic carbocycles. The van der Waals surface area contributed by atoms with Crippen LogP contribution in [0.2, 0.25) is 0 Å². The summed E-state index contributed by atoms with van der Waals surface area (Å²) in [6, 6.07) is 7.91. The third kappa shape index (κ3) is 4.26. The highest BCUT2D eigenvalue weighted by atomic mass is 16.5. The largest absolute Gasteiger partial charge is 0.394 e. The summed E-state index contributed by atoms with van der Waals surface area (Å²) in [7, 11) is 0. The van der Waals surface area contributed by atoms with Crippen molar-refractivity contribution in [1.82, 2.24) is 10.2 Å². The Morgan fingerprint density at radius 1 is 1.14 bits per heavy atom. The van der Waals surface area contributed by atoms with Crippen LogP contribution in [-0.2, 0) is 19.1 Å². The van der Waals surface area contributed by atoms with Gasteiger partial charge >= 0.3 is 0 Å². The van der Waals surface area contributed by atoms with E-state index in [1.807, 2.05) is 51.1 Å². The Balaban J connectivity index is 1.52. The number of rotatable bonds is 8. The van der Waals surface area contributed by atoms with Gasteiger partial charge in [-0.15, -0.1) is 0 Å². The second-order valence-corrected chi connectivity index (χ2v) is 11.8. The number of ether oxygens (including phenoxy) is 1. The van der Waals surface area contributed by atoms with Gasteiger partial charge in [-0.25, -0.2) is 0 Å². The van der Waals surface area contributed by atoms with Crippen LogP contribution in [-0.4, -0.2) is 63.7 Å². The van der Waals surface area contributed by atoms with E-state index in [1.165, 1.54) is 6.42 Å². The lowest BCUT2D eigenvalue weighted by molar-refractivity contribution is -0.150. The van der Waals surface area contributed by atoms with Gasteiger partial charge in [0, 0.05) is 11.7 Å². The number of amides is 3. The van der Waals surface area contributed by atoms with Crippen LogP contribution in [0.5, 0.6) is 0 Å². The fraction of sp³-hybridized carbons (Fsp3) is 0.690. The fourth-order valence-corrected chi connectivity index (χ4v) is 7.50. The number of hydrogen-bond acceptors (Lipinski definition) is 5. The summed E-state index contributed by atoms with van der Waals surface area (Å²) in [6.07, 6.45) is 7.07. The first-order chi connectivity index (χ1) is 17.8. The lowest BCUT2D eigenvalue weighted by Gasteiger charge is -2.40. The van der Waals surface area contributed by atoms with Gasteiger partial charge in [-0.1, -0.05) is 57.7 Å². The number of likely N-dealkylation sites (tertiary alicyclic amines) is 1. The normalized spacial score (nSPS) is 34.8. The summed E-state index contributed by atoms with van der Waals surface area (Å²) in [5.74, 6) is -2.22. The number of aliphatic hydroxyl groups excluding tert-OH is 1. The van der Waals surface area contributed by atoms with Crippen LogP contribution in [0.25, 0.3) is 0 Å². The number of para-hydroxylation sites is 1. The summed E-state index contributed by atoms with van der Waals surface area (Å²) < 4.78 is 6.71. The van der Waals surface area contributed by atoms with Crippen LogP contribution >= 0.6 is 0 Å². The number of anilines is 1. The van der Waals surface area contributed by atoms with Crippen molar-refractivity contribution in [3.8, 4) is 0 Å². The van der Waals surface area contributed by atoms with Crippen LogP contribution < -0.4 is 10.6 Å². The van der Waals surface area contributed by atoms with Gasteiger partial charge in [0.25, 0.3) is 0 Å². The number of nitrogens with one attached hydrogen (secondary N) is 2. The van der Waals surface area contributed by atoms with Gasteiger partial charge in [-0.2, -0.15) is 0 Å². The van der Waals surface area contributed by atoms with Crippen molar-refractivity contribution < 1.29 is 24.2 Å². The predicted octanol–water partition coefficient (Wildman–Crippen LogP) is 3.25. The van der Waals surface area contributed by atoms with Crippen LogP contribution in [0, 0.1) is 17.8 Å². The van der Waals surface area contributed by atoms with Crippen molar-refractivity contribution in [1.29, 1.82) is 0 Å². The maximum Gasteiger partial charge on any atom is 0.246 e. The lowest BCUT2D eigenvalue weighted by Crippen LogP contribution is -2.60. The molecule has 1 aromatic carbocycles. The van der Waals surface area contributed by atoms with E-state index in [0.717, 1.165) is 32.1 Å². The van der Waals surface area contributed by atoms with Gasteiger partial charge in [0.2, 0.25) is 17.7 Å². The van der Waals surface area contributed by atoms with Crippen molar-refractivity contribution in [2.75, 3.05) is 11.9 Å². The van der Waals surface area contributed by atoms with Gasteiger partial charge in [0.15, 0.2) is 0 Å². The molecular weight excluding hydrogens is 470 g/mol. The molecule has 8 nitrogen and oxygen atoms in total. The third-order valence-electron chi connectivity index (χ3n) is 9.58.